The first-order chi connectivity index (χ1) is 12.1. The van der Waals surface area contributed by atoms with E-state index in [1.807, 2.05) is 25.1 Å². The number of H-pyrrole nitrogens is 1. The van der Waals surface area contributed by atoms with Gasteiger partial charge in [0, 0.05) is 49.9 Å². The number of aryl methyl sites for hydroxylation is 2. The zero-order valence-corrected chi connectivity index (χ0v) is 15.5. The highest BCUT2D eigenvalue weighted by Gasteiger charge is 2.29. The molecule has 134 valence electrons. The molecule has 1 aliphatic rings. The molecular formula is C20H28N4O. The van der Waals surface area contributed by atoms with Crippen molar-refractivity contribution >= 4 is 5.91 Å². The lowest BCUT2D eigenvalue weighted by atomic mass is 10.1. The molecule has 1 amide bonds. The Balaban J connectivity index is 1.74. The Kier molecular flexibility index (Phi) is 5.53. The lowest BCUT2D eigenvalue weighted by Gasteiger charge is -2.31. The summed E-state index contributed by atoms with van der Waals surface area (Å²) in [7, 11) is 0. The smallest absolute Gasteiger partial charge is 0.224 e. The summed E-state index contributed by atoms with van der Waals surface area (Å²) >= 11 is 0. The average Bonchev–Trinajstić information content (AvgIpc) is 2.85. The summed E-state index contributed by atoms with van der Waals surface area (Å²) in [5, 5.41) is 7.36. The van der Waals surface area contributed by atoms with E-state index in [0.29, 0.717) is 13.0 Å². The molecule has 1 aromatic heterocycles. The van der Waals surface area contributed by atoms with Crippen LogP contribution in [0.3, 0.4) is 0 Å². The van der Waals surface area contributed by atoms with Crippen LogP contribution in [0, 0.1) is 13.8 Å². The van der Waals surface area contributed by atoms with Gasteiger partial charge < -0.3 is 4.90 Å². The van der Waals surface area contributed by atoms with Gasteiger partial charge in [-0.25, -0.2) is 0 Å². The van der Waals surface area contributed by atoms with Crippen molar-refractivity contribution in [3.8, 4) is 0 Å². The number of rotatable bonds is 5. The summed E-state index contributed by atoms with van der Waals surface area (Å²) < 4.78 is 0. The molecule has 25 heavy (non-hydrogen) atoms. The van der Waals surface area contributed by atoms with E-state index in [0.717, 1.165) is 37.4 Å². The van der Waals surface area contributed by atoms with Gasteiger partial charge in [0.05, 0.1) is 5.69 Å². The molecule has 2 heterocycles. The third-order valence-electron chi connectivity index (χ3n) is 5.20. The molecule has 1 unspecified atom stereocenters. The highest BCUT2D eigenvalue weighted by molar-refractivity contribution is 5.77. The maximum Gasteiger partial charge on any atom is 0.224 e. The first kappa shape index (κ1) is 17.7. The zero-order valence-electron chi connectivity index (χ0n) is 15.5. The van der Waals surface area contributed by atoms with E-state index in [-0.39, 0.29) is 11.9 Å². The lowest BCUT2D eigenvalue weighted by molar-refractivity contribution is -0.133. The normalized spacial score (nSPS) is 19.2. The van der Waals surface area contributed by atoms with Crippen molar-refractivity contribution in [3.63, 3.8) is 0 Å². The van der Waals surface area contributed by atoms with E-state index in [9.17, 15) is 4.79 Å². The maximum atomic E-state index is 12.8. The van der Waals surface area contributed by atoms with Crippen molar-refractivity contribution in [1.29, 1.82) is 0 Å². The van der Waals surface area contributed by atoms with E-state index in [1.54, 1.807) is 0 Å². The average molecular weight is 340 g/mol. The third-order valence-corrected chi connectivity index (χ3v) is 5.20. The van der Waals surface area contributed by atoms with Crippen molar-refractivity contribution in [2.24, 2.45) is 0 Å². The minimum Gasteiger partial charge on any atom is -0.334 e. The number of amides is 1. The largest absolute Gasteiger partial charge is 0.334 e. The number of hydrogen-bond acceptors (Lipinski definition) is 3. The predicted octanol–water partition coefficient (Wildman–Crippen LogP) is 3.04. The fourth-order valence-corrected chi connectivity index (χ4v) is 3.61. The Bertz CT molecular complexity index is 690. The van der Waals surface area contributed by atoms with Crippen LogP contribution in [0.4, 0.5) is 0 Å². The second-order valence-electron chi connectivity index (χ2n) is 6.97. The molecular weight excluding hydrogens is 312 g/mol. The molecule has 1 N–H and O–H groups in total. The molecule has 3 rings (SSSR count). The van der Waals surface area contributed by atoms with Crippen molar-refractivity contribution in [2.75, 3.05) is 13.1 Å². The van der Waals surface area contributed by atoms with Gasteiger partial charge in [-0.1, -0.05) is 37.3 Å². The number of benzene rings is 1. The molecule has 0 saturated carbocycles. The van der Waals surface area contributed by atoms with Gasteiger partial charge in [0.25, 0.3) is 0 Å². The molecule has 1 atom stereocenters. The van der Waals surface area contributed by atoms with Gasteiger partial charge in [0.2, 0.25) is 5.91 Å². The van der Waals surface area contributed by atoms with Crippen LogP contribution in [-0.4, -0.2) is 45.0 Å². The standard InChI is InChI=1S/C20H28N4O/c1-4-18-13-23(14-19-15(2)21-22-16(19)3)11-10-20(25)24(18)12-17-8-6-5-7-9-17/h5-9,18H,4,10-14H2,1-3H3,(H,21,22). The van der Waals surface area contributed by atoms with Crippen LogP contribution in [0.1, 0.15) is 42.3 Å². The number of hydrogen-bond donors (Lipinski definition) is 1. The number of carbonyl (C=O) groups is 1. The number of nitrogens with one attached hydrogen (secondary N) is 1. The van der Waals surface area contributed by atoms with Crippen LogP contribution in [-0.2, 0) is 17.9 Å². The predicted molar refractivity (Wildman–Crippen MR) is 99.0 cm³/mol. The molecule has 0 spiro atoms. The highest BCUT2D eigenvalue weighted by atomic mass is 16.2. The van der Waals surface area contributed by atoms with Crippen LogP contribution in [0.25, 0.3) is 0 Å². The lowest BCUT2D eigenvalue weighted by Crippen LogP contribution is -2.42. The first-order valence-corrected chi connectivity index (χ1v) is 9.14. The third kappa shape index (κ3) is 4.10. The van der Waals surface area contributed by atoms with Crippen LogP contribution in [0.2, 0.25) is 0 Å². The monoisotopic (exact) mass is 340 g/mol. The number of aromatic amines is 1. The summed E-state index contributed by atoms with van der Waals surface area (Å²) in [4.78, 5) is 17.2. The van der Waals surface area contributed by atoms with Crippen molar-refractivity contribution in [3.05, 3.63) is 52.8 Å². The van der Waals surface area contributed by atoms with Crippen LogP contribution in [0.5, 0.6) is 0 Å². The highest BCUT2D eigenvalue weighted by Crippen LogP contribution is 2.20. The summed E-state index contributed by atoms with van der Waals surface area (Å²) in [6.07, 6.45) is 1.55. The number of carbonyl (C=O) groups excluding carboxylic acids is 1. The molecule has 2 aromatic rings. The number of nitrogens with zero attached hydrogens (tertiary/aromatic N) is 3. The fourth-order valence-electron chi connectivity index (χ4n) is 3.61. The summed E-state index contributed by atoms with van der Waals surface area (Å²) in [6.45, 7) is 9.57. The quantitative estimate of drug-likeness (QED) is 0.910. The first-order valence-electron chi connectivity index (χ1n) is 9.14. The van der Waals surface area contributed by atoms with Crippen LogP contribution >= 0.6 is 0 Å². The van der Waals surface area contributed by atoms with E-state index in [1.165, 1.54) is 11.1 Å². The minimum absolute atomic E-state index is 0.253. The molecule has 1 aliphatic heterocycles. The van der Waals surface area contributed by atoms with E-state index >= 15 is 0 Å². The number of aromatic nitrogens is 2. The van der Waals surface area contributed by atoms with E-state index < -0.39 is 0 Å². The van der Waals surface area contributed by atoms with E-state index in [4.69, 9.17) is 0 Å². The Hall–Kier alpha value is -2.14. The molecule has 1 aromatic carbocycles. The van der Waals surface area contributed by atoms with Gasteiger partial charge in [-0.2, -0.15) is 5.10 Å². The summed E-state index contributed by atoms with van der Waals surface area (Å²) in [5.41, 5.74) is 4.65. The van der Waals surface area contributed by atoms with Crippen LogP contribution < -0.4 is 0 Å². The SMILES string of the molecule is CCC1CN(Cc2c(C)n[nH]c2C)CCC(=O)N1Cc1ccccc1. The minimum atomic E-state index is 0.253. The molecule has 1 fully saturated rings. The Morgan fingerprint density at radius 1 is 1.20 bits per heavy atom. The summed E-state index contributed by atoms with van der Waals surface area (Å²) in [6, 6.07) is 10.5. The molecule has 1 saturated heterocycles. The van der Waals surface area contributed by atoms with Crippen LogP contribution in [0.15, 0.2) is 30.3 Å². The van der Waals surface area contributed by atoms with E-state index in [2.05, 4.69) is 46.0 Å². The zero-order chi connectivity index (χ0) is 17.8. The van der Waals surface area contributed by atoms with Gasteiger partial charge in [-0.15, -0.1) is 0 Å². The van der Waals surface area contributed by atoms with Gasteiger partial charge in [0.1, 0.15) is 0 Å². The molecule has 0 aliphatic carbocycles. The molecule has 5 nitrogen and oxygen atoms in total. The van der Waals surface area contributed by atoms with Crippen molar-refractivity contribution in [1.82, 2.24) is 20.0 Å². The van der Waals surface area contributed by atoms with Crippen molar-refractivity contribution in [2.45, 2.75) is 52.7 Å². The van der Waals surface area contributed by atoms with Gasteiger partial charge in [-0.3, -0.25) is 14.8 Å². The molecule has 0 bridgehead atoms. The maximum absolute atomic E-state index is 12.8. The molecule has 0 radical (unpaired) electrons. The second-order valence-corrected chi connectivity index (χ2v) is 6.97. The Morgan fingerprint density at radius 3 is 2.60 bits per heavy atom. The fraction of sp³-hybridized carbons (Fsp3) is 0.500. The Labute approximate surface area is 150 Å². The molecule has 5 heteroatoms. The second kappa shape index (κ2) is 7.83. The summed E-state index contributed by atoms with van der Waals surface area (Å²) in [5.74, 6) is 0.263. The van der Waals surface area contributed by atoms with Gasteiger partial charge in [-0.05, 0) is 25.8 Å². The van der Waals surface area contributed by atoms with Gasteiger partial charge in [0.15, 0.2) is 0 Å². The Morgan fingerprint density at radius 2 is 1.96 bits per heavy atom. The topological polar surface area (TPSA) is 52.2 Å². The van der Waals surface area contributed by atoms with Gasteiger partial charge >= 0.3 is 0 Å². The van der Waals surface area contributed by atoms with Crippen molar-refractivity contribution < 1.29 is 4.79 Å².